The maximum absolute atomic E-state index is 13.3. The molecular formula is C17H17FN6O2. The number of hydrogen-bond donors (Lipinski definition) is 3. The van der Waals surface area contributed by atoms with Gasteiger partial charge in [0.05, 0.1) is 37.0 Å². The SMILES string of the molecule is O=C(Nc1ccc(N2CCOCC2)nc1)Nc1c[nH]c2ncc(F)cc12. The van der Waals surface area contributed by atoms with Crippen LogP contribution in [-0.4, -0.2) is 47.3 Å². The third-order valence-electron chi connectivity index (χ3n) is 4.09. The minimum absolute atomic E-state index is 0.447. The van der Waals surface area contributed by atoms with Crippen LogP contribution in [0.15, 0.2) is 36.8 Å². The maximum Gasteiger partial charge on any atom is 0.323 e. The molecule has 0 atom stereocenters. The number of urea groups is 1. The third-order valence-corrected chi connectivity index (χ3v) is 4.09. The van der Waals surface area contributed by atoms with Gasteiger partial charge in [-0.25, -0.2) is 19.2 Å². The van der Waals surface area contributed by atoms with Crippen molar-refractivity contribution >= 4 is 34.3 Å². The van der Waals surface area contributed by atoms with Gasteiger partial charge < -0.3 is 25.3 Å². The molecule has 3 aromatic rings. The van der Waals surface area contributed by atoms with Gasteiger partial charge in [-0.3, -0.25) is 0 Å². The summed E-state index contributed by atoms with van der Waals surface area (Å²) in [4.78, 5) is 25.5. The Balaban J connectivity index is 1.41. The highest BCUT2D eigenvalue weighted by molar-refractivity contribution is 6.05. The van der Waals surface area contributed by atoms with Crippen LogP contribution in [0.4, 0.5) is 26.4 Å². The molecule has 0 aromatic carbocycles. The third kappa shape index (κ3) is 3.42. The van der Waals surface area contributed by atoms with E-state index in [4.69, 9.17) is 4.74 Å². The first kappa shape index (κ1) is 16.3. The van der Waals surface area contributed by atoms with Gasteiger partial charge in [0, 0.05) is 24.7 Å². The maximum atomic E-state index is 13.3. The van der Waals surface area contributed by atoms with E-state index in [0.29, 0.717) is 35.6 Å². The standard InChI is InChI=1S/C17H17FN6O2/c18-11-7-13-14(10-21-16(13)20-8-11)23-17(25)22-12-1-2-15(19-9-12)24-3-5-26-6-4-24/h1-2,7-10H,3-6H2,(H,20,21)(H2,22,23,25). The molecule has 9 heteroatoms. The first-order chi connectivity index (χ1) is 12.7. The Morgan fingerprint density at radius 1 is 1.19 bits per heavy atom. The number of anilines is 3. The summed E-state index contributed by atoms with van der Waals surface area (Å²) in [5.74, 6) is 0.376. The predicted molar refractivity (Wildman–Crippen MR) is 96.0 cm³/mol. The fourth-order valence-corrected chi connectivity index (χ4v) is 2.81. The Labute approximate surface area is 148 Å². The summed E-state index contributed by atoms with van der Waals surface area (Å²) in [5.41, 5.74) is 1.50. The van der Waals surface area contributed by atoms with E-state index in [1.165, 1.54) is 6.07 Å². The van der Waals surface area contributed by atoms with Gasteiger partial charge in [0.1, 0.15) is 17.3 Å². The number of nitrogens with one attached hydrogen (secondary N) is 3. The van der Waals surface area contributed by atoms with Gasteiger partial charge in [-0.2, -0.15) is 0 Å². The highest BCUT2D eigenvalue weighted by Crippen LogP contribution is 2.22. The Morgan fingerprint density at radius 2 is 2.04 bits per heavy atom. The van der Waals surface area contributed by atoms with Crippen molar-refractivity contribution in [3.05, 3.63) is 42.6 Å². The second kappa shape index (κ2) is 6.96. The van der Waals surface area contributed by atoms with Crippen molar-refractivity contribution in [3.63, 3.8) is 0 Å². The molecule has 3 N–H and O–H groups in total. The Bertz CT molecular complexity index is 921. The first-order valence-electron chi connectivity index (χ1n) is 8.18. The highest BCUT2D eigenvalue weighted by Gasteiger charge is 2.13. The molecule has 4 rings (SSSR count). The van der Waals surface area contributed by atoms with E-state index in [-0.39, 0.29) is 0 Å². The molecule has 0 radical (unpaired) electrons. The molecule has 1 saturated heterocycles. The Kier molecular flexibility index (Phi) is 4.36. The molecule has 1 aliphatic rings. The summed E-state index contributed by atoms with van der Waals surface area (Å²) in [6.45, 7) is 2.96. The van der Waals surface area contributed by atoms with E-state index in [0.717, 1.165) is 25.1 Å². The van der Waals surface area contributed by atoms with Gasteiger partial charge >= 0.3 is 6.03 Å². The van der Waals surface area contributed by atoms with E-state index >= 15 is 0 Å². The molecule has 4 heterocycles. The van der Waals surface area contributed by atoms with Crippen molar-refractivity contribution in [2.24, 2.45) is 0 Å². The number of hydrogen-bond acceptors (Lipinski definition) is 5. The molecule has 1 fully saturated rings. The van der Waals surface area contributed by atoms with Gasteiger partial charge in [-0.05, 0) is 18.2 Å². The van der Waals surface area contributed by atoms with Crippen molar-refractivity contribution in [2.75, 3.05) is 41.8 Å². The largest absolute Gasteiger partial charge is 0.378 e. The lowest BCUT2D eigenvalue weighted by Crippen LogP contribution is -2.36. The molecule has 0 saturated carbocycles. The molecule has 3 aromatic heterocycles. The molecule has 2 amide bonds. The number of amides is 2. The number of carbonyl (C=O) groups is 1. The highest BCUT2D eigenvalue weighted by atomic mass is 19.1. The molecule has 0 spiro atoms. The minimum atomic E-state index is -0.469. The van der Waals surface area contributed by atoms with E-state index in [1.807, 2.05) is 6.07 Å². The number of pyridine rings is 2. The number of aromatic nitrogens is 3. The lowest BCUT2D eigenvalue weighted by atomic mass is 10.3. The van der Waals surface area contributed by atoms with Crippen LogP contribution < -0.4 is 15.5 Å². The summed E-state index contributed by atoms with van der Waals surface area (Å²) >= 11 is 0. The molecule has 134 valence electrons. The number of nitrogens with zero attached hydrogens (tertiary/aromatic N) is 3. The van der Waals surface area contributed by atoms with Gasteiger partial charge in [-0.15, -0.1) is 0 Å². The number of fused-ring (bicyclic) bond motifs is 1. The zero-order chi connectivity index (χ0) is 17.9. The van der Waals surface area contributed by atoms with E-state index in [9.17, 15) is 9.18 Å². The summed E-state index contributed by atoms with van der Waals surface area (Å²) in [7, 11) is 0. The topological polar surface area (TPSA) is 95.2 Å². The lowest BCUT2D eigenvalue weighted by Gasteiger charge is -2.27. The summed E-state index contributed by atoms with van der Waals surface area (Å²) in [6.07, 6.45) is 4.28. The van der Waals surface area contributed by atoms with Crippen molar-refractivity contribution in [1.29, 1.82) is 0 Å². The predicted octanol–water partition coefficient (Wildman–Crippen LogP) is 2.58. The van der Waals surface area contributed by atoms with Crippen molar-refractivity contribution in [3.8, 4) is 0 Å². The number of rotatable bonds is 3. The normalized spacial score (nSPS) is 14.4. The number of ether oxygens (including phenoxy) is 1. The fourth-order valence-electron chi connectivity index (χ4n) is 2.81. The number of halogens is 1. The zero-order valence-corrected chi connectivity index (χ0v) is 13.8. The number of morpholine rings is 1. The number of carbonyl (C=O) groups excluding carboxylic acids is 1. The molecule has 26 heavy (non-hydrogen) atoms. The Hall–Kier alpha value is -3.20. The van der Waals surface area contributed by atoms with E-state index in [1.54, 1.807) is 18.5 Å². The van der Waals surface area contributed by atoms with Gasteiger partial charge in [0.15, 0.2) is 0 Å². The van der Waals surface area contributed by atoms with E-state index < -0.39 is 11.8 Å². The second-order valence-corrected chi connectivity index (χ2v) is 5.84. The van der Waals surface area contributed by atoms with Crippen LogP contribution in [0.1, 0.15) is 0 Å². The van der Waals surface area contributed by atoms with Crippen LogP contribution in [0, 0.1) is 5.82 Å². The van der Waals surface area contributed by atoms with Crippen LogP contribution >= 0.6 is 0 Å². The summed E-state index contributed by atoms with van der Waals surface area (Å²) < 4.78 is 18.7. The molecular weight excluding hydrogens is 339 g/mol. The zero-order valence-electron chi connectivity index (χ0n) is 13.8. The molecule has 8 nitrogen and oxygen atoms in total. The molecule has 0 aliphatic carbocycles. The fraction of sp³-hybridized carbons (Fsp3) is 0.235. The Morgan fingerprint density at radius 3 is 2.81 bits per heavy atom. The average Bonchev–Trinajstić information content (AvgIpc) is 3.05. The van der Waals surface area contributed by atoms with Gasteiger partial charge in [-0.1, -0.05) is 0 Å². The number of aromatic amines is 1. The smallest absolute Gasteiger partial charge is 0.323 e. The number of H-pyrrole nitrogens is 1. The van der Waals surface area contributed by atoms with E-state index in [2.05, 4.69) is 30.5 Å². The quantitative estimate of drug-likeness (QED) is 0.670. The minimum Gasteiger partial charge on any atom is -0.378 e. The monoisotopic (exact) mass is 356 g/mol. The van der Waals surface area contributed by atoms with Crippen LogP contribution in [0.2, 0.25) is 0 Å². The first-order valence-corrected chi connectivity index (χ1v) is 8.18. The molecule has 1 aliphatic heterocycles. The van der Waals surface area contributed by atoms with Crippen LogP contribution in [0.3, 0.4) is 0 Å². The van der Waals surface area contributed by atoms with Crippen LogP contribution in [0.25, 0.3) is 11.0 Å². The van der Waals surface area contributed by atoms with Crippen molar-refractivity contribution in [1.82, 2.24) is 15.0 Å². The summed E-state index contributed by atoms with van der Waals surface area (Å²) in [5, 5.41) is 5.88. The second-order valence-electron chi connectivity index (χ2n) is 5.84. The van der Waals surface area contributed by atoms with Crippen LogP contribution in [0.5, 0.6) is 0 Å². The van der Waals surface area contributed by atoms with Crippen molar-refractivity contribution in [2.45, 2.75) is 0 Å². The lowest BCUT2D eigenvalue weighted by molar-refractivity contribution is 0.122. The van der Waals surface area contributed by atoms with Gasteiger partial charge in [0.25, 0.3) is 0 Å². The summed E-state index contributed by atoms with van der Waals surface area (Å²) in [6, 6.07) is 4.50. The molecule has 0 unspecified atom stereocenters. The van der Waals surface area contributed by atoms with Crippen molar-refractivity contribution < 1.29 is 13.9 Å². The van der Waals surface area contributed by atoms with Crippen LogP contribution in [-0.2, 0) is 4.74 Å². The van der Waals surface area contributed by atoms with Gasteiger partial charge in [0.2, 0.25) is 0 Å². The molecule has 0 bridgehead atoms. The average molecular weight is 356 g/mol.